The number of nitrogens with one attached hydrogen (secondary N) is 1. The Balaban J connectivity index is 2.04. The fourth-order valence-electron chi connectivity index (χ4n) is 3.54. The molecule has 1 aromatic rings. The average molecular weight is 445 g/mol. The number of hydrogen-bond donors (Lipinski definition) is 1. The predicted molar refractivity (Wildman–Crippen MR) is 99.7 cm³/mol. The molecule has 1 fully saturated rings. The number of hydrogen-bond acceptors (Lipinski definition) is 5. The Kier molecular flexibility index (Phi) is 7.03. The van der Waals surface area contributed by atoms with Crippen molar-refractivity contribution >= 4 is 34.5 Å². The molecular formula is C18H24INO4. The van der Waals surface area contributed by atoms with E-state index >= 15 is 0 Å². The first-order chi connectivity index (χ1) is 11.6. The molecule has 132 valence electrons. The summed E-state index contributed by atoms with van der Waals surface area (Å²) >= 11 is 2.32. The maximum absolute atomic E-state index is 12.3. The molecule has 2 atom stereocenters. The summed E-state index contributed by atoms with van der Waals surface area (Å²) in [4.78, 5) is 24.6. The summed E-state index contributed by atoms with van der Waals surface area (Å²) in [6.07, 6.45) is 0.967. The van der Waals surface area contributed by atoms with Crippen molar-refractivity contribution in [1.29, 1.82) is 0 Å². The van der Waals surface area contributed by atoms with Crippen LogP contribution in [0, 0.1) is 17.3 Å². The molecular weight excluding hydrogens is 421 g/mol. The normalized spacial score (nSPS) is 22.1. The number of alkyl halides is 1. The topological polar surface area (TPSA) is 64.6 Å². The Morgan fingerprint density at radius 1 is 1.12 bits per heavy atom. The van der Waals surface area contributed by atoms with Gasteiger partial charge in [0, 0.05) is 11.0 Å². The third-order valence-electron chi connectivity index (χ3n) is 4.82. The van der Waals surface area contributed by atoms with E-state index in [9.17, 15) is 9.59 Å². The monoisotopic (exact) mass is 445 g/mol. The lowest BCUT2D eigenvalue weighted by atomic mass is 9.85. The van der Waals surface area contributed by atoms with Crippen LogP contribution in [0.25, 0.3) is 0 Å². The van der Waals surface area contributed by atoms with Crippen molar-refractivity contribution in [2.45, 2.75) is 19.4 Å². The van der Waals surface area contributed by atoms with Crippen LogP contribution in [0.5, 0.6) is 0 Å². The van der Waals surface area contributed by atoms with Crippen molar-refractivity contribution < 1.29 is 19.1 Å². The first kappa shape index (κ1) is 19.2. The average Bonchev–Trinajstić information content (AvgIpc) is 3.01. The van der Waals surface area contributed by atoms with Gasteiger partial charge < -0.3 is 14.8 Å². The molecule has 1 aliphatic rings. The lowest BCUT2D eigenvalue weighted by Gasteiger charge is -2.23. The van der Waals surface area contributed by atoms with Gasteiger partial charge in [0.2, 0.25) is 0 Å². The van der Waals surface area contributed by atoms with Crippen molar-refractivity contribution in [2.24, 2.45) is 17.3 Å². The second kappa shape index (κ2) is 8.80. The third kappa shape index (κ3) is 4.08. The molecule has 24 heavy (non-hydrogen) atoms. The Hall–Kier alpha value is -1.15. The molecule has 0 heterocycles. The van der Waals surface area contributed by atoms with Crippen LogP contribution in [0.15, 0.2) is 30.3 Å². The molecule has 1 N–H and O–H groups in total. The van der Waals surface area contributed by atoms with Gasteiger partial charge >= 0.3 is 11.9 Å². The van der Waals surface area contributed by atoms with E-state index in [1.165, 1.54) is 19.8 Å². The minimum absolute atomic E-state index is 0.240. The van der Waals surface area contributed by atoms with Crippen molar-refractivity contribution in [3.05, 3.63) is 35.9 Å². The highest BCUT2D eigenvalue weighted by molar-refractivity contribution is 14.1. The standard InChI is InChI=1S/C18H24INO4/c1-23-16(21)18(17(22)24-2)8-14(10-19)15(9-18)12-20-11-13-6-4-3-5-7-13/h3-7,14-15,20H,8-12H2,1-2H3/t14-,15?/m0/s1. The number of benzene rings is 1. The molecule has 0 radical (unpaired) electrons. The zero-order chi connectivity index (χ0) is 17.6. The van der Waals surface area contributed by atoms with E-state index in [4.69, 9.17) is 9.47 Å². The van der Waals surface area contributed by atoms with E-state index in [0.717, 1.165) is 17.5 Å². The Bertz CT molecular complexity index is 547. The highest BCUT2D eigenvalue weighted by Gasteiger charge is 2.56. The summed E-state index contributed by atoms with van der Waals surface area (Å²) in [6, 6.07) is 10.2. The van der Waals surface area contributed by atoms with Gasteiger partial charge in [0.15, 0.2) is 5.41 Å². The lowest BCUT2D eigenvalue weighted by Crippen LogP contribution is -2.39. The molecule has 0 aliphatic heterocycles. The van der Waals surface area contributed by atoms with Crippen LogP contribution in [0.2, 0.25) is 0 Å². The molecule has 5 nitrogen and oxygen atoms in total. The highest BCUT2D eigenvalue weighted by Crippen LogP contribution is 2.47. The highest BCUT2D eigenvalue weighted by atomic mass is 127. The molecule has 0 amide bonds. The second-order valence-corrected chi connectivity index (χ2v) is 7.15. The van der Waals surface area contributed by atoms with Gasteiger partial charge in [0.1, 0.15) is 0 Å². The van der Waals surface area contributed by atoms with Gasteiger partial charge in [0.05, 0.1) is 14.2 Å². The molecule has 0 aromatic heterocycles. The molecule has 0 saturated heterocycles. The van der Waals surface area contributed by atoms with Gasteiger partial charge in [-0.05, 0) is 36.8 Å². The number of carbonyl (C=O) groups excluding carboxylic acids is 2. The predicted octanol–water partition coefficient (Wildman–Crippen LogP) is 2.57. The van der Waals surface area contributed by atoms with Crippen LogP contribution in [0.1, 0.15) is 18.4 Å². The van der Waals surface area contributed by atoms with Crippen LogP contribution in [0.4, 0.5) is 0 Å². The zero-order valence-corrected chi connectivity index (χ0v) is 16.2. The smallest absolute Gasteiger partial charge is 0.323 e. The quantitative estimate of drug-likeness (QED) is 0.303. The summed E-state index contributed by atoms with van der Waals surface area (Å²) in [7, 11) is 2.65. The molecule has 1 saturated carbocycles. The van der Waals surface area contributed by atoms with Crippen molar-refractivity contribution in [3.63, 3.8) is 0 Å². The summed E-state index contributed by atoms with van der Waals surface area (Å²) in [5.74, 6) is -0.430. The van der Waals surface area contributed by atoms with Crippen LogP contribution in [0.3, 0.4) is 0 Å². The summed E-state index contributed by atoms with van der Waals surface area (Å²) in [5.41, 5.74) is 0.0621. The van der Waals surface area contributed by atoms with Crippen LogP contribution in [-0.4, -0.2) is 37.1 Å². The van der Waals surface area contributed by atoms with Crippen molar-refractivity contribution in [3.8, 4) is 0 Å². The first-order valence-corrected chi connectivity index (χ1v) is 9.57. The third-order valence-corrected chi connectivity index (χ3v) is 5.95. The van der Waals surface area contributed by atoms with Crippen molar-refractivity contribution in [2.75, 3.05) is 25.2 Å². The van der Waals surface area contributed by atoms with Crippen LogP contribution in [-0.2, 0) is 25.6 Å². The Morgan fingerprint density at radius 2 is 1.71 bits per heavy atom. The molecule has 0 bridgehead atoms. The van der Waals surface area contributed by atoms with E-state index in [2.05, 4.69) is 40.0 Å². The summed E-state index contributed by atoms with van der Waals surface area (Å²) in [6.45, 7) is 1.53. The minimum Gasteiger partial charge on any atom is -0.468 e. The fourth-order valence-corrected chi connectivity index (χ4v) is 4.57. The summed E-state index contributed by atoms with van der Waals surface area (Å²) in [5, 5.41) is 3.45. The van der Waals surface area contributed by atoms with E-state index in [-0.39, 0.29) is 11.8 Å². The van der Waals surface area contributed by atoms with Gasteiger partial charge in [-0.2, -0.15) is 0 Å². The number of methoxy groups -OCH3 is 2. The number of esters is 2. The fraction of sp³-hybridized carbons (Fsp3) is 0.556. The van der Waals surface area contributed by atoms with E-state index in [1.807, 2.05) is 18.2 Å². The summed E-state index contributed by atoms with van der Waals surface area (Å²) < 4.78 is 10.7. The molecule has 0 spiro atoms. The molecule has 1 aliphatic carbocycles. The molecule has 6 heteroatoms. The lowest BCUT2D eigenvalue weighted by molar-refractivity contribution is -0.169. The largest absolute Gasteiger partial charge is 0.468 e. The van der Waals surface area contributed by atoms with Gasteiger partial charge in [-0.15, -0.1) is 0 Å². The van der Waals surface area contributed by atoms with E-state index < -0.39 is 17.4 Å². The van der Waals surface area contributed by atoms with Crippen molar-refractivity contribution in [1.82, 2.24) is 5.32 Å². The van der Waals surface area contributed by atoms with E-state index in [0.29, 0.717) is 12.8 Å². The maximum atomic E-state index is 12.3. The number of ether oxygens (including phenoxy) is 2. The van der Waals surface area contributed by atoms with Gasteiger partial charge in [-0.25, -0.2) is 0 Å². The Labute approximate surface area is 156 Å². The van der Waals surface area contributed by atoms with Gasteiger partial charge in [0.25, 0.3) is 0 Å². The first-order valence-electron chi connectivity index (χ1n) is 8.05. The van der Waals surface area contributed by atoms with Crippen LogP contribution >= 0.6 is 22.6 Å². The molecule has 1 unspecified atom stereocenters. The van der Waals surface area contributed by atoms with E-state index in [1.54, 1.807) is 0 Å². The maximum Gasteiger partial charge on any atom is 0.323 e. The number of carbonyl (C=O) groups is 2. The van der Waals surface area contributed by atoms with Crippen LogP contribution < -0.4 is 5.32 Å². The Morgan fingerprint density at radius 3 is 2.25 bits per heavy atom. The number of halogens is 1. The second-order valence-electron chi connectivity index (χ2n) is 6.26. The zero-order valence-electron chi connectivity index (χ0n) is 14.1. The molecule has 1 aromatic carbocycles. The SMILES string of the molecule is COC(=O)C1(C(=O)OC)CC(CNCc2ccccc2)[C@H](CI)C1. The number of rotatable bonds is 7. The molecule has 2 rings (SSSR count). The van der Waals surface area contributed by atoms with Gasteiger partial charge in [-0.1, -0.05) is 52.9 Å². The minimum atomic E-state index is -1.15. The van der Waals surface area contributed by atoms with Gasteiger partial charge in [-0.3, -0.25) is 9.59 Å².